The normalized spacial score (nSPS) is 21.0. The molecule has 4 rings (SSSR count). The van der Waals surface area contributed by atoms with E-state index in [1.807, 2.05) is 58.0 Å². The van der Waals surface area contributed by atoms with E-state index < -0.39 is 5.60 Å². The molecule has 36 heavy (non-hydrogen) atoms. The molecule has 0 aliphatic heterocycles. The number of benzene rings is 2. The number of carbonyl (C=O) groups excluding carboxylic acids is 2. The van der Waals surface area contributed by atoms with Crippen LogP contribution in [0.2, 0.25) is 0 Å². The zero-order valence-electron chi connectivity index (χ0n) is 22.0. The molecular formula is C32H38O4. The highest BCUT2D eigenvalue weighted by atomic mass is 16.6. The van der Waals surface area contributed by atoms with E-state index in [1.54, 1.807) is 6.08 Å². The lowest BCUT2D eigenvalue weighted by Gasteiger charge is -2.26. The van der Waals surface area contributed by atoms with Crippen LogP contribution in [0.4, 0.5) is 0 Å². The van der Waals surface area contributed by atoms with Gasteiger partial charge in [0.1, 0.15) is 17.1 Å². The van der Waals surface area contributed by atoms with Gasteiger partial charge in [-0.05, 0) is 94.0 Å². The number of aryl methyl sites for hydroxylation is 1. The van der Waals surface area contributed by atoms with Gasteiger partial charge in [-0.3, -0.25) is 9.59 Å². The maximum absolute atomic E-state index is 12.6. The lowest BCUT2D eigenvalue weighted by atomic mass is 9.88. The molecule has 2 aliphatic rings. The maximum atomic E-state index is 12.6. The molecule has 0 heterocycles. The molecule has 2 aliphatic carbocycles. The molecule has 0 bridgehead atoms. The van der Waals surface area contributed by atoms with Gasteiger partial charge in [-0.15, -0.1) is 0 Å². The predicted octanol–water partition coefficient (Wildman–Crippen LogP) is 7.56. The van der Waals surface area contributed by atoms with Gasteiger partial charge in [-0.1, -0.05) is 49.4 Å². The Balaban J connectivity index is 1.51. The molecular weight excluding hydrogens is 448 g/mol. The minimum absolute atomic E-state index is 0.104. The van der Waals surface area contributed by atoms with Gasteiger partial charge >= 0.3 is 5.97 Å². The molecule has 0 fully saturated rings. The van der Waals surface area contributed by atoms with Crippen LogP contribution in [0.3, 0.4) is 0 Å². The van der Waals surface area contributed by atoms with Crippen LogP contribution in [-0.4, -0.2) is 17.4 Å². The predicted molar refractivity (Wildman–Crippen MR) is 144 cm³/mol. The van der Waals surface area contributed by atoms with Crippen molar-refractivity contribution in [1.29, 1.82) is 0 Å². The Kier molecular flexibility index (Phi) is 8.13. The number of allylic oxidation sites excluding steroid dienone is 3. The van der Waals surface area contributed by atoms with Crippen molar-refractivity contribution in [2.45, 2.75) is 78.2 Å². The molecule has 1 unspecified atom stereocenters. The van der Waals surface area contributed by atoms with Gasteiger partial charge < -0.3 is 9.47 Å². The standard InChI is InChI=1S/C32H38O4/c1-22(31(34)36-32(2,3)4)23-11-7-12-24(19-18-23)26-14-9-16-28(20-26)35-30-21-27(33)15-8-13-25-10-5-6-17-29(25)30/h5-6,9-10,14,16-17,19-23H,7-8,11-13,15,18H2,1-4H3/b30-21+/t22-,23?/m0/s1. The Bertz CT molecular complexity index is 1160. The molecule has 4 nitrogen and oxygen atoms in total. The molecule has 0 N–H and O–H groups in total. The molecule has 0 spiro atoms. The molecule has 2 atom stereocenters. The monoisotopic (exact) mass is 486 g/mol. The van der Waals surface area contributed by atoms with Crippen LogP contribution in [0, 0.1) is 11.8 Å². The first-order valence-electron chi connectivity index (χ1n) is 13.2. The number of hydrogen-bond donors (Lipinski definition) is 0. The fourth-order valence-electron chi connectivity index (χ4n) is 5.07. The number of hydrogen-bond acceptors (Lipinski definition) is 4. The number of carbonyl (C=O) groups is 2. The van der Waals surface area contributed by atoms with Gasteiger partial charge in [0.25, 0.3) is 0 Å². The van der Waals surface area contributed by atoms with E-state index in [2.05, 4.69) is 24.3 Å². The summed E-state index contributed by atoms with van der Waals surface area (Å²) in [7, 11) is 0. The fourth-order valence-corrected chi connectivity index (χ4v) is 5.07. The number of rotatable bonds is 5. The Hall–Kier alpha value is -3.14. The first-order valence-corrected chi connectivity index (χ1v) is 13.2. The third-order valence-electron chi connectivity index (χ3n) is 7.05. The molecule has 4 heteroatoms. The first-order chi connectivity index (χ1) is 17.2. The molecule has 2 aromatic carbocycles. The fraction of sp³-hybridized carbons (Fsp3) is 0.438. The van der Waals surface area contributed by atoms with Gasteiger partial charge in [0, 0.05) is 18.1 Å². The summed E-state index contributed by atoms with van der Waals surface area (Å²) < 4.78 is 12.0. The van der Waals surface area contributed by atoms with Crippen LogP contribution >= 0.6 is 0 Å². The van der Waals surface area contributed by atoms with E-state index >= 15 is 0 Å². The smallest absolute Gasteiger partial charge is 0.309 e. The summed E-state index contributed by atoms with van der Waals surface area (Å²) in [5.74, 6) is 1.49. The van der Waals surface area contributed by atoms with Crippen molar-refractivity contribution in [2.24, 2.45) is 11.8 Å². The van der Waals surface area contributed by atoms with Crippen molar-refractivity contribution in [3.63, 3.8) is 0 Å². The zero-order chi connectivity index (χ0) is 25.7. The van der Waals surface area contributed by atoms with E-state index in [0.717, 1.165) is 55.4 Å². The number of esters is 1. The van der Waals surface area contributed by atoms with Crippen LogP contribution in [0.1, 0.15) is 82.9 Å². The van der Waals surface area contributed by atoms with Gasteiger partial charge in [-0.2, -0.15) is 0 Å². The van der Waals surface area contributed by atoms with Crippen LogP contribution in [0.5, 0.6) is 5.75 Å². The quantitative estimate of drug-likeness (QED) is 0.409. The SMILES string of the molecule is C[C@H](C(=O)OC(C)(C)C)C1CC=C(c2cccc(O/C3=C/C(=O)CCCc4ccccc43)c2)CCC1. The number of ether oxygens (including phenoxy) is 2. The Morgan fingerprint density at radius 1 is 1.00 bits per heavy atom. The van der Waals surface area contributed by atoms with E-state index in [1.165, 1.54) is 11.1 Å². The average molecular weight is 487 g/mol. The van der Waals surface area contributed by atoms with Crippen molar-refractivity contribution in [2.75, 3.05) is 0 Å². The third kappa shape index (κ3) is 6.75. The highest BCUT2D eigenvalue weighted by molar-refractivity contribution is 5.96. The maximum Gasteiger partial charge on any atom is 0.309 e. The lowest BCUT2D eigenvalue weighted by Crippen LogP contribution is -2.30. The molecule has 0 radical (unpaired) electrons. The van der Waals surface area contributed by atoms with Crippen LogP contribution < -0.4 is 4.74 Å². The lowest BCUT2D eigenvalue weighted by molar-refractivity contribution is -0.161. The summed E-state index contributed by atoms with van der Waals surface area (Å²) >= 11 is 0. The molecule has 190 valence electrons. The summed E-state index contributed by atoms with van der Waals surface area (Å²) in [6.45, 7) is 7.74. The minimum Gasteiger partial charge on any atom is -0.460 e. The van der Waals surface area contributed by atoms with E-state index in [4.69, 9.17) is 9.47 Å². The summed E-state index contributed by atoms with van der Waals surface area (Å²) in [5, 5.41) is 0. The summed E-state index contributed by atoms with van der Waals surface area (Å²) in [5.41, 5.74) is 4.15. The Labute approximate surface area is 215 Å². The van der Waals surface area contributed by atoms with Crippen molar-refractivity contribution >= 4 is 23.1 Å². The second-order valence-electron chi connectivity index (χ2n) is 11.1. The summed E-state index contributed by atoms with van der Waals surface area (Å²) in [6.07, 6.45) is 10.1. The Morgan fingerprint density at radius 2 is 1.81 bits per heavy atom. The second kappa shape index (κ2) is 11.3. The Morgan fingerprint density at radius 3 is 2.61 bits per heavy atom. The topological polar surface area (TPSA) is 52.6 Å². The number of ketones is 1. The molecule has 0 saturated carbocycles. The summed E-state index contributed by atoms with van der Waals surface area (Å²) in [4.78, 5) is 25.0. The van der Waals surface area contributed by atoms with Gasteiger partial charge in [0.05, 0.1) is 5.92 Å². The van der Waals surface area contributed by atoms with Crippen LogP contribution in [0.25, 0.3) is 11.3 Å². The highest BCUT2D eigenvalue weighted by Gasteiger charge is 2.29. The summed E-state index contributed by atoms with van der Waals surface area (Å²) in [6, 6.07) is 16.3. The van der Waals surface area contributed by atoms with Gasteiger partial charge in [-0.25, -0.2) is 0 Å². The zero-order valence-corrected chi connectivity index (χ0v) is 22.0. The van der Waals surface area contributed by atoms with Crippen molar-refractivity contribution in [3.8, 4) is 5.75 Å². The molecule has 0 amide bonds. The van der Waals surface area contributed by atoms with Gasteiger partial charge in [0.15, 0.2) is 5.78 Å². The van der Waals surface area contributed by atoms with Crippen molar-refractivity contribution in [1.82, 2.24) is 0 Å². The minimum atomic E-state index is -0.464. The van der Waals surface area contributed by atoms with Crippen LogP contribution in [-0.2, 0) is 20.7 Å². The van der Waals surface area contributed by atoms with Gasteiger partial charge in [0.2, 0.25) is 0 Å². The first kappa shape index (κ1) is 25.9. The largest absolute Gasteiger partial charge is 0.460 e. The van der Waals surface area contributed by atoms with E-state index in [-0.39, 0.29) is 23.6 Å². The third-order valence-corrected chi connectivity index (χ3v) is 7.05. The van der Waals surface area contributed by atoms with Crippen LogP contribution in [0.15, 0.2) is 60.7 Å². The highest BCUT2D eigenvalue weighted by Crippen LogP contribution is 2.35. The van der Waals surface area contributed by atoms with Crippen molar-refractivity contribution < 1.29 is 19.1 Å². The average Bonchev–Trinajstić information content (AvgIpc) is 3.08. The number of fused-ring (bicyclic) bond motifs is 1. The molecule has 2 aromatic rings. The molecule has 0 saturated heterocycles. The molecule has 0 aromatic heterocycles. The van der Waals surface area contributed by atoms with Crippen molar-refractivity contribution in [3.05, 3.63) is 77.4 Å². The van der Waals surface area contributed by atoms with E-state index in [0.29, 0.717) is 12.2 Å². The second-order valence-corrected chi connectivity index (χ2v) is 11.1. The van der Waals surface area contributed by atoms with E-state index in [9.17, 15) is 9.59 Å².